The lowest BCUT2D eigenvalue weighted by Crippen LogP contribution is -2.58. The summed E-state index contributed by atoms with van der Waals surface area (Å²) in [4.78, 5) is 6.58. The summed E-state index contributed by atoms with van der Waals surface area (Å²) in [6, 6.07) is 4.21. The molecule has 0 aromatic carbocycles. The lowest BCUT2D eigenvalue weighted by atomic mass is 9.92. The first-order chi connectivity index (χ1) is 8.80. The topological polar surface area (TPSA) is 25.4 Å². The van der Waals surface area contributed by atoms with Crippen LogP contribution in [-0.4, -0.2) is 46.2 Å². The van der Waals surface area contributed by atoms with Gasteiger partial charge in [-0.15, -0.1) is 11.8 Å². The van der Waals surface area contributed by atoms with E-state index in [1.54, 1.807) is 0 Å². The van der Waals surface area contributed by atoms with Crippen LogP contribution in [0.4, 0.5) is 0 Å². The molecular weight excluding hydrogens is 244 g/mol. The lowest BCUT2D eigenvalue weighted by Gasteiger charge is -2.47. The van der Waals surface area contributed by atoms with Crippen LogP contribution in [0.1, 0.15) is 18.9 Å². The molecule has 3 rings (SSSR count). The second-order valence-corrected chi connectivity index (χ2v) is 6.76. The van der Waals surface area contributed by atoms with Gasteiger partial charge in [0.2, 0.25) is 0 Å². The SMILES string of the molecule is CCO[C@H]1CSC2(C1)CN(Cc1ccncc1)C2. The molecule has 0 bridgehead atoms. The molecule has 1 atom stereocenters. The molecule has 2 fully saturated rings. The Morgan fingerprint density at radius 2 is 2.22 bits per heavy atom. The molecule has 0 aliphatic carbocycles. The Balaban J connectivity index is 1.49. The third-order valence-electron chi connectivity index (χ3n) is 3.76. The summed E-state index contributed by atoms with van der Waals surface area (Å²) in [5.74, 6) is 1.18. The molecule has 1 spiro atoms. The minimum atomic E-state index is 0.489. The monoisotopic (exact) mass is 264 g/mol. The fourth-order valence-electron chi connectivity index (χ4n) is 2.99. The van der Waals surface area contributed by atoms with Crippen molar-refractivity contribution in [3.63, 3.8) is 0 Å². The molecule has 3 heterocycles. The number of ether oxygens (including phenoxy) is 1. The van der Waals surface area contributed by atoms with Crippen LogP contribution in [-0.2, 0) is 11.3 Å². The molecule has 18 heavy (non-hydrogen) atoms. The highest BCUT2D eigenvalue weighted by Gasteiger charge is 2.48. The highest BCUT2D eigenvalue weighted by Crippen LogP contribution is 2.46. The molecule has 2 saturated heterocycles. The largest absolute Gasteiger partial charge is 0.378 e. The van der Waals surface area contributed by atoms with Gasteiger partial charge in [-0.05, 0) is 31.0 Å². The molecule has 2 aliphatic rings. The Kier molecular flexibility index (Phi) is 3.59. The molecular formula is C14H20N2OS. The van der Waals surface area contributed by atoms with Crippen LogP contribution < -0.4 is 0 Å². The van der Waals surface area contributed by atoms with Gasteiger partial charge in [0.15, 0.2) is 0 Å². The van der Waals surface area contributed by atoms with Gasteiger partial charge in [0, 0.05) is 49.1 Å². The molecule has 0 radical (unpaired) electrons. The minimum Gasteiger partial charge on any atom is -0.378 e. The number of rotatable bonds is 4. The van der Waals surface area contributed by atoms with Crippen molar-refractivity contribution in [2.24, 2.45) is 0 Å². The van der Waals surface area contributed by atoms with E-state index in [1.165, 1.54) is 30.8 Å². The van der Waals surface area contributed by atoms with E-state index in [1.807, 2.05) is 12.4 Å². The van der Waals surface area contributed by atoms with Gasteiger partial charge in [-0.2, -0.15) is 0 Å². The number of pyridine rings is 1. The van der Waals surface area contributed by atoms with Crippen molar-refractivity contribution >= 4 is 11.8 Å². The van der Waals surface area contributed by atoms with Gasteiger partial charge in [0.25, 0.3) is 0 Å². The van der Waals surface area contributed by atoms with Crippen molar-refractivity contribution in [3.8, 4) is 0 Å². The van der Waals surface area contributed by atoms with Gasteiger partial charge >= 0.3 is 0 Å². The molecule has 98 valence electrons. The van der Waals surface area contributed by atoms with Gasteiger partial charge in [-0.1, -0.05) is 0 Å². The zero-order valence-corrected chi connectivity index (χ0v) is 11.7. The van der Waals surface area contributed by atoms with Crippen molar-refractivity contribution in [3.05, 3.63) is 30.1 Å². The first-order valence-corrected chi connectivity index (χ1v) is 7.65. The quantitative estimate of drug-likeness (QED) is 0.832. The summed E-state index contributed by atoms with van der Waals surface area (Å²) in [5, 5.41) is 0. The molecule has 0 N–H and O–H groups in total. The Hall–Kier alpha value is -0.580. The van der Waals surface area contributed by atoms with E-state index in [2.05, 4.69) is 40.7 Å². The van der Waals surface area contributed by atoms with Crippen LogP contribution in [0.25, 0.3) is 0 Å². The normalized spacial score (nSPS) is 26.4. The summed E-state index contributed by atoms with van der Waals surface area (Å²) >= 11 is 2.11. The predicted molar refractivity (Wildman–Crippen MR) is 74.7 cm³/mol. The molecule has 0 saturated carbocycles. The van der Waals surface area contributed by atoms with Crippen molar-refractivity contribution in [2.75, 3.05) is 25.4 Å². The van der Waals surface area contributed by atoms with Gasteiger partial charge < -0.3 is 4.74 Å². The zero-order valence-electron chi connectivity index (χ0n) is 10.8. The van der Waals surface area contributed by atoms with E-state index >= 15 is 0 Å². The highest BCUT2D eigenvalue weighted by molar-refractivity contribution is 8.01. The average molecular weight is 264 g/mol. The predicted octanol–water partition coefficient (Wildman–Crippen LogP) is 2.18. The first-order valence-electron chi connectivity index (χ1n) is 6.66. The molecule has 1 aromatic heterocycles. The van der Waals surface area contributed by atoms with Crippen molar-refractivity contribution in [1.82, 2.24) is 9.88 Å². The smallest absolute Gasteiger partial charge is 0.0679 e. The van der Waals surface area contributed by atoms with E-state index in [0.29, 0.717) is 10.9 Å². The molecule has 0 amide bonds. The fraction of sp³-hybridized carbons (Fsp3) is 0.643. The molecule has 3 nitrogen and oxygen atoms in total. The summed E-state index contributed by atoms with van der Waals surface area (Å²) in [5.41, 5.74) is 1.37. The maximum atomic E-state index is 5.74. The van der Waals surface area contributed by atoms with E-state index < -0.39 is 0 Å². The second kappa shape index (κ2) is 5.19. The number of likely N-dealkylation sites (tertiary alicyclic amines) is 1. The first kappa shape index (κ1) is 12.5. The van der Waals surface area contributed by atoms with E-state index in [4.69, 9.17) is 4.74 Å². The Morgan fingerprint density at radius 3 is 2.94 bits per heavy atom. The van der Waals surface area contributed by atoms with E-state index in [9.17, 15) is 0 Å². The Morgan fingerprint density at radius 1 is 1.44 bits per heavy atom. The molecule has 1 aromatic rings. The number of hydrogen-bond acceptors (Lipinski definition) is 4. The van der Waals surface area contributed by atoms with Gasteiger partial charge in [0.1, 0.15) is 0 Å². The van der Waals surface area contributed by atoms with Crippen molar-refractivity contribution in [2.45, 2.75) is 30.7 Å². The summed E-state index contributed by atoms with van der Waals surface area (Å²) in [6.07, 6.45) is 5.47. The fourth-order valence-corrected chi connectivity index (χ4v) is 4.60. The van der Waals surface area contributed by atoms with Gasteiger partial charge in [-0.3, -0.25) is 9.88 Å². The minimum absolute atomic E-state index is 0.489. The molecule has 4 heteroatoms. The summed E-state index contributed by atoms with van der Waals surface area (Å²) < 4.78 is 6.23. The van der Waals surface area contributed by atoms with Crippen molar-refractivity contribution < 1.29 is 4.74 Å². The Bertz CT molecular complexity index is 392. The lowest BCUT2D eigenvalue weighted by molar-refractivity contribution is 0.0417. The maximum absolute atomic E-state index is 5.74. The van der Waals surface area contributed by atoms with E-state index in [-0.39, 0.29) is 0 Å². The second-order valence-electron chi connectivity index (χ2n) is 5.28. The van der Waals surface area contributed by atoms with Crippen LogP contribution in [0, 0.1) is 0 Å². The third kappa shape index (κ3) is 2.56. The van der Waals surface area contributed by atoms with Crippen LogP contribution >= 0.6 is 11.8 Å². The number of aromatic nitrogens is 1. The van der Waals surface area contributed by atoms with Crippen LogP contribution in [0.3, 0.4) is 0 Å². The number of thioether (sulfide) groups is 1. The number of nitrogens with zero attached hydrogens (tertiary/aromatic N) is 2. The van der Waals surface area contributed by atoms with Gasteiger partial charge in [-0.25, -0.2) is 0 Å². The van der Waals surface area contributed by atoms with Crippen LogP contribution in [0.5, 0.6) is 0 Å². The standard InChI is InChI=1S/C14H20N2OS/c1-2-17-13-7-14(18-9-13)10-16(11-14)8-12-3-5-15-6-4-12/h3-6,13H,2,7-11H2,1H3/t13-/m1/s1. The molecule has 2 aliphatic heterocycles. The van der Waals surface area contributed by atoms with Gasteiger partial charge in [0.05, 0.1) is 6.10 Å². The Labute approximate surface area is 113 Å². The number of hydrogen-bond donors (Lipinski definition) is 0. The van der Waals surface area contributed by atoms with Crippen molar-refractivity contribution in [1.29, 1.82) is 0 Å². The molecule has 0 unspecified atom stereocenters. The highest BCUT2D eigenvalue weighted by atomic mass is 32.2. The maximum Gasteiger partial charge on any atom is 0.0679 e. The summed E-state index contributed by atoms with van der Waals surface area (Å²) in [6.45, 7) is 6.42. The zero-order chi connectivity index (χ0) is 12.4. The van der Waals surface area contributed by atoms with Crippen LogP contribution in [0.2, 0.25) is 0 Å². The van der Waals surface area contributed by atoms with Crippen LogP contribution in [0.15, 0.2) is 24.5 Å². The van der Waals surface area contributed by atoms with E-state index in [0.717, 1.165) is 13.2 Å². The average Bonchev–Trinajstić information content (AvgIpc) is 2.75. The third-order valence-corrected chi connectivity index (χ3v) is 5.33. The summed E-state index contributed by atoms with van der Waals surface area (Å²) in [7, 11) is 0.